The zero-order valence-electron chi connectivity index (χ0n) is 74.5. The van der Waals surface area contributed by atoms with E-state index in [2.05, 4.69) is 12.1 Å². The van der Waals surface area contributed by atoms with E-state index in [0.29, 0.717) is 88.9 Å². The molecule has 4 aromatic heterocycles. The van der Waals surface area contributed by atoms with Crippen LogP contribution in [0.4, 0.5) is 52.7 Å². The number of para-hydroxylation sites is 1. The number of benzene rings is 18. The minimum atomic E-state index is -5.40. The minimum Gasteiger partial charge on any atom is -0.309 e. The smallest absolute Gasteiger partial charge is 0.309 e. The molecule has 18 heteroatoms. The first-order valence-electron chi connectivity index (χ1n) is 44.8. The number of fused-ring (bicyclic) bond motifs is 12. The normalized spacial score (nSPS) is 12.3. The summed E-state index contributed by atoms with van der Waals surface area (Å²) in [5, 5.41) is 29.4. The molecule has 0 aliphatic rings. The SMILES string of the molecule is Cc1ccccc1-c1ccc2c(c1)c1ccccc1n2-c1cc(-c2ccc(C(F)(F)F)cc2C(F)(F)F)c(-n2c3ccc(Cc4ccccc4-c4ccc5c6ccc(-c7ccccc7C)cc6n(-c6cc(C#N)c(-n7c8cc(-c9ccccc9C)ccc8c8ccc(-c9ccccc9C)cc87)cc6-c6ccc(C(F)(F)F)cc6C(F)(F)F)c5c4)cc3c3cc(-c4ccccc4C)ccc32)cc1C#N. The maximum absolute atomic E-state index is 16.6. The van der Waals surface area contributed by atoms with Gasteiger partial charge in [0, 0.05) is 54.2 Å². The van der Waals surface area contributed by atoms with E-state index in [-0.39, 0.29) is 63.6 Å². The van der Waals surface area contributed by atoms with Gasteiger partial charge < -0.3 is 18.3 Å². The van der Waals surface area contributed by atoms with Crippen LogP contribution < -0.4 is 0 Å². The van der Waals surface area contributed by atoms with Gasteiger partial charge in [0.2, 0.25) is 0 Å². The Kier molecular flexibility index (Phi) is 20.6. The first-order chi connectivity index (χ1) is 66.4. The van der Waals surface area contributed by atoms with Crippen molar-refractivity contribution < 1.29 is 52.7 Å². The van der Waals surface area contributed by atoms with Crippen LogP contribution >= 0.6 is 0 Å². The van der Waals surface area contributed by atoms with E-state index in [1.165, 1.54) is 18.2 Å². The van der Waals surface area contributed by atoms with Crippen LogP contribution in [0.2, 0.25) is 0 Å². The summed E-state index contributed by atoms with van der Waals surface area (Å²) in [4.78, 5) is 0. The molecule has 0 bridgehead atoms. The molecule has 0 aliphatic heterocycles. The molecule has 22 aromatic rings. The van der Waals surface area contributed by atoms with Gasteiger partial charge in [0.05, 0.1) is 100 Å². The average Bonchev–Trinajstić information content (AvgIpc) is 1.55. The molecule has 0 fully saturated rings. The molecule has 0 atom stereocenters. The van der Waals surface area contributed by atoms with E-state index in [0.717, 1.165) is 128 Å². The highest BCUT2D eigenvalue weighted by molar-refractivity contribution is 6.16. The average molecular weight is 1830 g/mol. The molecule has 18 aromatic carbocycles. The summed E-state index contributed by atoms with van der Waals surface area (Å²) < 4.78 is 196. The standard InChI is InChI=1S/C120H76F12N6/c1-68-20-6-12-26-85(68)75-39-50-107-99(54-75)93-32-18-19-33-105(93)135(107)109-64-101(91-47-41-83(117(121,122)123)62-103(91)119(127,128)129)115(60-81(109)66-133)136-106-49-34-73(53-98(106)100-55-76(40-51-108(100)136)86-27-13-7-21-69(86)2)52-74-25-11-17-31-90(74)80-38-46-97-96-45-37-79(89-30-16-10-24-72(89)5)58-113(96)138(114(97)59-80)116-61-82(67-134)110(65-102(116)92-48-42-84(118(124,125)126)63-104(92)120(130,131)132)137-111-56-77(87-28-14-8-22-70(87)3)35-43-94(111)95-44-36-78(57-112(95)137)88-29-15-9-23-71(88)4/h6-51,53-65H,52H2,1-5H3. The Balaban J connectivity index is 0.761. The molecule has 0 unspecified atom stereocenters. The Morgan fingerprint density at radius 2 is 0.507 bits per heavy atom. The van der Waals surface area contributed by atoms with Gasteiger partial charge in [-0.25, -0.2) is 0 Å². The van der Waals surface area contributed by atoms with Crippen LogP contribution in [-0.2, 0) is 31.1 Å². The maximum atomic E-state index is 16.6. The van der Waals surface area contributed by atoms with Gasteiger partial charge in [-0.05, 0) is 273 Å². The summed E-state index contributed by atoms with van der Waals surface area (Å²) in [5.41, 5.74) is 13.2. The van der Waals surface area contributed by atoms with Crippen molar-refractivity contribution in [3.8, 4) is 124 Å². The molecule has 0 amide bonds. The molecule has 0 aliphatic carbocycles. The van der Waals surface area contributed by atoms with Crippen LogP contribution in [-0.4, -0.2) is 18.3 Å². The number of halogens is 12. The third-order valence-corrected chi connectivity index (χ3v) is 27.4. The summed E-state index contributed by atoms with van der Waals surface area (Å²) >= 11 is 0. The van der Waals surface area contributed by atoms with Gasteiger partial charge >= 0.3 is 24.7 Å². The van der Waals surface area contributed by atoms with Crippen molar-refractivity contribution in [2.24, 2.45) is 0 Å². The zero-order valence-corrected chi connectivity index (χ0v) is 74.5. The molecule has 670 valence electrons. The first kappa shape index (κ1) is 86.7. The van der Waals surface area contributed by atoms with Crippen LogP contribution in [0.15, 0.2) is 358 Å². The number of nitrogens with zero attached hydrogens (tertiary/aromatic N) is 6. The fourth-order valence-electron chi connectivity index (χ4n) is 20.8. The predicted octanol–water partition coefficient (Wildman–Crippen LogP) is 34.4. The first-order valence-corrected chi connectivity index (χ1v) is 44.8. The Morgan fingerprint density at radius 1 is 0.217 bits per heavy atom. The van der Waals surface area contributed by atoms with Gasteiger partial charge in [-0.3, -0.25) is 0 Å². The highest BCUT2D eigenvalue weighted by atomic mass is 19.4. The highest BCUT2D eigenvalue weighted by Gasteiger charge is 2.42. The number of rotatable bonds is 14. The summed E-state index contributed by atoms with van der Waals surface area (Å²) in [6.07, 6.45) is -20.9. The van der Waals surface area contributed by atoms with Gasteiger partial charge in [-0.15, -0.1) is 0 Å². The molecular formula is C120H76F12N6. The van der Waals surface area contributed by atoms with Crippen molar-refractivity contribution in [3.63, 3.8) is 0 Å². The van der Waals surface area contributed by atoms with Gasteiger partial charge in [0.15, 0.2) is 0 Å². The molecule has 6 nitrogen and oxygen atoms in total. The van der Waals surface area contributed by atoms with Crippen LogP contribution in [0.3, 0.4) is 0 Å². The monoisotopic (exact) mass is 1830 g/mol. The lowest BCUT2D eigenvalue weighted by Gasteiger charge is -2.22. The van der Waals surface area contributed by atoms with E-state index >= 15 is 39.5 Å². The van der Waals surface area contributed by atoms with Gasteiger partial charge in [-0.2, -0.15) is 63.2 Å². The van der Waals surface area contributed by atoms with E-state index in [1.807, 2.05) is 346 Å². The number of hydrogen-bond donors (Lipinski definition) is 0. The number of alkyl halides is 12. The van der Waals surface area contributed by atoms with E-state index in [4.69, 9.17) is 0 Å². The van der Waals surface area contributed by atoms with Crippen molar-refractivity contribution >= 4 is 87.2 Å². The molecule has 0 radical (unpaired) electrons. The second-order valence-corrected chi connectivity index (χ2v) is 35.5. The Labute approximate surface area is 783 Å². The van der Waals surface area contributed by atoms with Crippen LogP contribution in [0, 0.1) is 57.3 Å². The lowest BCUT2D eigenvalue weighted by molar-refractivity contribution is -0.144. The van der Waals surface area contributed by atoms with E-state index in [1.54, 1.807) is 10.6 Å². The van der Waals surface area contributed by atoms with Gasteiger partial charge in [0.25, 0.3) is 0 Å². The molecule has 0 saturated heterocycles. The summed E-state index contributed by atoms with van der Waals surface area (Å²) in [6.45, 7) is 9.92. The second-order valence-electron chi connectivity index (χ2n) is 35.5. The number of nitriles is 2. The van der Waals surface area contributed by atoms with Crippen molar-refractivity contribution in [2.75, 3.05) is 0 Å². The number of hydrogen-bond acceptors (Lipinski definition) is 2. The molecule has 4 heterocycles. The quantitative estimate of drug-likeness (QED) is 0.102. The van der Waals surface area contributed by atoms with E-state index < -0.39 is 58.1 Å². The highest BCUT2D eigenvalue weighted by Crippen LogP contribution is 2.52. The number of aromatic nitrogens is 4. The lowest BCUT2D eigenvalue weighted by Crippen LogP contribution is -2.13. The summed E-state index contributed by atoms with van der Waals surface area (Å²) in [5.74, 6) is 0. The Hall–Kier alpha value is -16.7. The largest absolute Gasteiger partial charge is 0.417 e. The molecule has 138 heavy (non-hydrogen) atoms. The molecule has 0 N–H and O–H groups in total. The predicted molar refractivity (Wildman–Crippen MR) is 530 cm³/mol. The molecule has 0 spiro atoms. The maximum Gasteiger partial charge on any atom is 0.417 e. The third kappa shape index (κ3) is 14.7. The second kappa shape index (κ2) is 32.8. The Bertz CT molecular complexity index is 8870. The van der Waals surface area contributed by atoms with Crippen molar-refractivity contribution in [1.82, 2.24) is 18.3 Å². The van der Waals surface area contributed by atoms with Crippen molar-refractivity contribution in [2.45, 2.75) is 65.7 Å². The van der Waals surface area contributed by atoms with Crippen molar-refractivity contribution in [3.05, 3.63) is 430 Å². The van der Waals surface area contributed by atoms with Gasteiger partial charge in [-0.1, -0.05) is 243 Å². The lowest BCUT2D eigenvalue weighted by atomic mass is 9.93. The zero-order chi connectivity index (χ0) is 95.4. The third-order valence-electron chi connectivity index (χ3n) is 27.4. The molecule has 0 saturated carbocycles. The summed E-state index contributed by atoms with van der Waals surface area (Å²) in [6, 6.07) is 110. The summed E-state index contributed by atoms with van der Waals surface area (Å²) in [7, 11) is 0. The van der Waals surface area contributed by atoms with Crippen LogP contribution in [0.5, 0.6) is 0 Å². The fourth-order valence-corrected chi connectivity index (χ4v) is 20.8. The van der Waals surface area contributed by atoms with Crippen molar-refractivity contribution in [1.29, 1.82) is 10.5 Å². The fraction of sp³-hybridized carbons (Fsp3) is 0.0833. The topological polar surface area (TPSA) is 67.3 Å². The number of aryl methyl sites for hydroxylation is 5. The van der Waals surface area contributed by atoms with Crippen LogP contribution in [0.25, 0.3) is 199 Å². The molecular weight excluding hydrogens is 1750 g/mol. The van der Waals surface area contributed by atoms with E-state index in [9.17, 15) is 23.7 Å². The van der Waals surface area contributed by atoms with Crippen LogP contribution in [0.1, 0.15) is 72.3 Å². The minimum absolute atomic E-state index is 0.0114. The van der Waals surface area contributed by atoms with Gasteiger partial charge in [0.1, 0.15) is 12.1 Å². The Morgan fingerprint density at radius 3 is 0.884 bits per heavy atom. The molecule has 22 rings (SSSR count).